The van der Waals surface area contributed by atoms with Gasteiger partial charge in [0.15, 0.2) is 4.80 Å². The van der Waals surface area contributed by atoms with Crippen LogP contribution in [0.15, 0.2) is 92.6 Å². The lowest BCUT2D eigenvalue weighted by atomic mass is 9.92. The van der Waals surface area contributed by atoms with E-state index >= 15 is 0 Å². The maximum absolute atomic E-state index is 14.2. The number of esters is 1. The number of halogens is 1. The minimum absolute atomic E-state index is 0.185. The second-order valence-corrected chi connectivity index (χ2v) is 12.4. The lowest BCUT2D eigenvalue weighted by molar-refractivity contribution is -0.138. The average Bonchev–Trinajstić information content (AvgIpc) is 3.35. The Morgan fingerprint density at radius 1 is 1.05 bits per heavy atom. The number of benzene rings is 3. The van der Waals surface area contributed by atoms with Gasteiger partial charge in [0.2, 0.25) is 0 Å². The Balaban J connectivity index is 1.56. The molecule has 0 radical (unpaired) electrons. The molecule has 7 nitrogen and oxygen atoms in total. The fourth-order valence-corrected chi connectivity index (χ4v) is 7.12. The Morgan fingerprint density at radius 2 is 1.79 bits per heavy atom. The number of nitrogens with zero attached hydrogens (tertiary/aromatic N) is 3. The molecule has 0 bridgehead atoms. The summed E-state index contributed by atoms with van der Waals surface area (Å²) in [6.07, 6.45) is 5.61. The van der Waals surface area contributed by atoms with Crippen LogP contribution in [0.2, 0.25) is 0 Å². The van der Waals surface area contributed by atoms with Gasteiger partial charge in [-0.15, -0.1) is 0 Å². The summed E-state index contributed by atoms with van der Waals surface area (Å²) >= 11 is 4.89. The summed E-state index contributed by atoms with van der Waals surface area (Å²) < 4.78 is 14.2. The van der Waals surface area contributed by atoms with Gasteiger partial charge in [-0.25, -0.2) is 9.79 Å². The van der Waals surface area contributed by atoms with E-state index in [0.717, 1.165) is 28.7 Å². The zero-order valence-electron chi connectivity index (χ0n) is 24.1. The van der Waals surface area contributed by atoms with Crippen molar-refractivity contribution >= 4 is 50.7 Å². The van der Waals surface area contributed by atoms with E-state index in [0.29, 0.717) is 26.3 Å². The SMILES string of the molecule is CCOC(=O)C1=C(c2ccccc2)N=c2s/c(=C\c3ccc(N4CCCCC4)cc3)c(=O)n2[C@H]1c1cc(Br)ccc1OC. The van der Waals surface area contributed by atoms with Crippen LogP contribution in [0.3, 0.4) is 0 Å². The normalized spacial score (nSPS) is 17.0. The Kier molecular flexibility index (Phi) is 8.63. The molecule has 220 valence electrons. The van der Waals surface area contributed by atoms with Crippen LogP contribution in [0.1, 0.15) is 48.9 Å². The molecule has 0 amide bonds. The monoisotopic (exact) mass is 657 g/mol. The zero-order chi connectivity index (χ0) is 29.9. The van der Waals surface area contributed by atoms with E-state index in [1.54, 1.807) is 18.6 Å². The van der Waals surface area contributed by atoms with Gasteiger partial charge in [0.05, 0.1) is 29.5 Å². The molecule has 4 aromatic rings. The largest absolute Gasteiger partial charge is 0.496 e. The first-order valence-corrected chi connectivity index (χ1v) is 16.1. The van der Waals surface area contributed by atoms with E-state index in [2.05, 4.69) is 45.1 Å². The van der Waals surface area contributed by atoms with Crippen LogP contribution in [0.4, 0.5) is 5.69 Å². The first-order valence-electron chi connectivity index (χ1n) is 14.5. The minimum atomic E-state index is -0.818. The van der Waals surface area contributed by atoms with E-state index in [1.165, 1.54) is 36.3 Å². The number of ether oxygens (including phenoxy) is 2. The summed E-state index contributed by atoms with van der Waals surface area (Å²) in [5.74, 6) is 0.0203. The Bertz CT molecular complexity index is 1860. The van der Waals surface area contributed by atoms with Crippen molar-refractivity contribution in [3.63, 3.8) is 0 Å². The van der Waals surface area contributed by atoms with E-state index in [1.807, 2.05) is 54.6 Å². The molecular formula is C34H32BrN3O4S. The van der Waals surface area contributed by atoms with Gasteiger partial charge in [0.1, 0.15) is 11.8 Å². The molecule has 43 heavy (non-hydrogen) atoms. The molecular weight excluding hydrogens is 626 g/mol. The molecule has 3 heterocycles. The van der Waals surface area contributed by atoms with Gasteiger partial charge >= 0.3 is 5.97 Å². The van der Waals surface area contributed by atoms with Crippen molar-refractivity contribution in [2.24, 2.45) is 4.99 Å². The summed E-state index contributed by atoms with van der Waals surface area (Å²) in [5.41, 5.74) is 4.07. The number of carbonyl (C=O) groups is 1. The summed E-state index contributed by atoms with van der Waals surface area (Å²) in [6.45, 7) is 4.10. The lowest BCUT2D eigenvalue weighted by Gasteiger charge is -2.28. The number of hydrogen-bond acceptors (Lipinski definition) is 7. The Labute approximate surface area is 262 Å². The molecule has 9 heteroatoms. The van der Waals surface area contributed by atoms with Crippen molar-refractivity contribution < 1.29 is 14.3 Å². The van der Waals surface area contributed by atoms with E-state index < -0.39 is 12.0 Å². The number of methoxy groups -OCH3 is 1. The van der Waals surface area contributed by atoms with Crippen molar-refractivity contribution in [2.75, 3.05) is 31.7 Å². The quantitative estimate of drug-likeness (QED) is 0.239. The van der Waals surface area contributed by atoms with Crippen LogP contribution >= 0.6 is 27.3 Å². The summed E-state index contributed by atoms with van der Waals surface area (Å²) in [5, 5.41) is 0. The van der Waals surface area contributed by atoms with Gasteiger partial charge in [-0.2, -0.15) is 0 Å². The molecule has 0 saturated carbocycles. The number of aromatic nitrogens is 1. The molecule has 0 spiro atoms. The molecule has 6 rings (SSSR count). The number of piperidine rings is 1. The molecule has 1 saturated heterocycles. The number of hydrogen-bond donors (Lipinski definition) is 0. The predicted molar refractivity (Wildman–Crippen MR) is 174 cm³/mol. The third-order valence-corrected chi connectivity index (χ3v) is 9.25. The molecule has 0 aliphatic carbocycles. The predicted octanol–water partition coefficient (Wildman–Crippen LogP) is 5.70. The van der Waals surface area contributed by atoms with Gasteiger partial charge in [0.25, 0.3) is 5.56 Å². The fraction of sp³-hybridized carbons (Fsp3) is 0.265. The molecule has 1 atom stereocenters. The van der Waals surface area contributed by atoms with Crippen molar-refractivity contribution in [1.29, 1.82) is 0 Å². The number of carbonyl (C=O) groups excluding carboxylic acids is 1. The Morgan fingerprint density at radius 3 is 2.49 bits per heavy atom. The van der Waals surface area contributed by atoms with Gasteiger partial charge in [-0.05, 0) is 68.2 Å². The van der Waals surface area contributed by atoms with Crippen LogP contribution < -0.4 is 24.5 Å². The molecule has 0 unspecified atom stereocenters. The van der Waals surface area contributed by atoms with E-state index in [-0.39, 0.29) is 17.7 Å². The Hall–Kier alpha value is -3.95. The van der Waals surface area contributed by atoms with Crippen LogP contribution in [0.25, 0.3) is 11.8 Å². The first kappa shape index (κ1) is 29.1. The standard InChI is InChI=1S/C34H32BrN3O4S/c1-3-42-33(40)29-30(23-10-6-4-7-11-23)36-34-38(31(29)26-21-24(35)14-17-27(26)41-2)32(39)28(43-34)20-22-12-15-25(16-13-22)37-18-8-5-9-19-37/h4,6-7,10-17,20-21,31H,3,5,8-9,18-19H2,1-2H3/b28-20-/t31-/m0/s1. The first-order chi connectivity index (χ1) is 21.0. The van der Waals surface area contributed by atoms with Crippen molar-refractivity contribution in [3.8, 4) is 5.75 Å². The third-order valence-electron chi connectivity index (χ3n) is 7.77. The molecule has 1 aromatic heterocycles. The third kappa shape index (κ3) is 5.84. The summed E-state index contributed by atoms with van der Waals surface area (Å²) in [4.78, 5) is 35.8. The highest BCUT2D eigenvalue weighted by molar-refractivity contribution is 9.10. The highest BCUT2D eigenvalue weighted by Crippen LogP contribution is 2.39. The molecule has 0 N–H and O–H groups in total. The van der Waals surface area contributed by atoms with Crippen LogP contribution in [-0.2, 0) is 9.53 Å². The second-order valence-electron chi connectivity index (χ2n) is 10.5. The number of anilines is 1. The van der Waals surface area contributed by atoms with Crippen molar-refractivity contribution in [1.82, 2.24) is 4.57 Å². The van der Waals surface area contributed by atoms with E-state index in [4.69, 9.17) is 14.5 Å². The molecule has 2 aliphatic heterocycles. The number of thiazole rings is 1. The van der Waals surface area contributed by atoms with Gasteiger partial charge < -0.3 is 14.4 Å². The highest BCUT2D eigenvalue weighted by Gasteiger charge is 2.36. The molecule has 2 aliphatic rings. The fourth-order valence-electron chi connectivity index (χ4n) is 5.74. The second kappa shape index (κ2) is 12.7. The van der Waals surface area contributed by atoms with Crippen LogP contribution in [0.5, 0.6) is 5.75 Å². The molecule has 1 fully saturated rings. The van der Waals surface area contributed by atoms with Crippen molar-refractivity contribution in [3.05, 3.63) is 119 Å². The van der Waals surface area contributed by atoms with Crippen LogP contribution in [0, 0.1) is 0 Å². The van der Waals surface area contributed by atoms with Crippen LogP contribution in [-0.4, -0.2) is 37.3 Å². The van der Waals surface area contributed by atoms with Gasteiger partial charge in [0, 0.05) is 34.4 Å². The maximum atomic E-state index is 14.2. The topological polar surface area (TPSA) is 73.1 Å². The van der Waals surface area contributed by atoms with Gasteiger partial charge in [-0.3, -0.25) is 9.36 Å². The van der Waals surface area contributed by atoms with Crippen molar-refractivity contribution in [2.45, 2.75) is 32.2 Å². The minimum Gasteiger partial charge on any atom is -0.496 e. The number of fused-ring (bicyclic) bond motifs is 1. The summed E-state index contributed by atoms with van der Waals surface area (Å²) in [6, 6.07) is 22.6. The van der Waals surface area contributed by atoms with Gasteiger partial charge in [-0.1, -0.05) is 69.7 Å². The lowest BCUT2D eigenvalue weighted by Crippen LogP contribution is -2.40. The number of rotatable bonds is 7. The molecule has 3 aromatic carbocycles. The highest BCUT2D eigenvalue weighted by atomic mass is 79.9. The summed E-state index contributed by atoms with van der Waals surface area (Å²) in [7, 11) is 1.58. The smallest absolute Gasteiger partial charge is 0.338 e. The zero-order valence-corrected chi connectivity index (χ0v) is 26.5. The van der Waals surface area contributed by atoms with E-state index in [9.17, 15) is 9.59 Å². The maximum Gasteiger partial charge on any atom is 0.338 e. The average molecular weight is 659 g/mol.